The third-order valence-electron chi connectivity index (χ3n) is 2.28. The van der Waals surface area contributed by atoms with E-state index in [0.29, 0.717) is 0 Å². The molecule has 82 valence electrons. The molecule has 0 amide bonds. The maximum Gasteiger partial charge on any atom is 0.116 e. The van der Waals surface area contributed by atoms with Gasteiger partial charge in [0.1, 0.15) is 5.01 Å². The van der Waals surface area contributed by atoms with Crippen LogP contribution in [0, 0.1) is 0 Å². The van der Waals surface area contributed by atoms with E-state index < -0.39 is 0 Å². The van der Waals surface area contributed by atoms with Gasteiger partial charge in [0.05, 0.1) is 0 Å². The number of anilines is 1. The summed E-state index contributed by atoms with van der Waals surface area (Å²) >= 11 is 1.64. The molecule has 0 N–H and O–H groups in total. The first-order valence-electron chi connectivity index (χ1n) is 5.11. The Morgan fingerprint density at radius 1 is 1.12 bits per heavy atom. The van der Waals surface area contributed by atoms with Crippen molar-refractivity contribution in [3.8, 4) is 0 Å². The van der Waals surface area contributed by atoms with E-state index in [0.717, 1.165) is 5.01 Å². The molecule has 3 heteroatoms. The van der Waals surface area contributed by atoms with Gasteiger partial charge in [0.25, 0.3) is 0 Å². The van der Waals surface area contributed by atoms with Crippen molar-refractivity contribution in [1.82, 2.24) is 4.98 Å². The zero-order valence-electron chi connectivity index (χ0n) is 9.42. The van der Waals surface area contributed by atoms with Crippen molar-refractivity contribution >= 4 is 29.2 Å². The molecule has 2 nitrogen and oxygen atoms in total. The van der Waals surface area contributed by atoms with Crippen molar-refractivity contribution in [2.24, 2.45) is 0 Å². The molecule has 0 aliphatic rings. The average molecular weight is 230 g/mol. The maximum absolute atomic E-state index is 4.20. The van der Waals surface area contributed by atoms with Crippen LogP contribution in [0.15, 0.2) is 35.8 Å². The first kappa shape index (κ1) is 10.9. The number of benzene rings is 1. The molecule has 1 aromatic carbocycles. The van der Waals surface area contributed by atoms with Gasteiger partial charge in [-0.1, -0.05) is 18.2 Å². The Bertz CT molecular complexity index is 455. The normalized spacial score (nSPS) is 10.9. The lowest BCUT2D eigenvalue weighted by Gasteiger charge is -2.11. The van der Waals surface area contributed by atoms with E-state index in [-0.39, 0.29) is 0 Å². The lowest BCUT2D eigenvalue weighted by molar-refractivity contribution is 1.13. The molecule has 0 atom stereocenters. The molecule has 0 saturated carbocycles. The zero-order valence-corrected chi connectivity index (χ0v) is 10.2. The van der Waals surface area contributed by atoms with E-state index in [9.17, 15) is 0 Å². The van der Waals surface area contributed by atoms with Gasteiger partial charge in [-0.25, -0.2) is 4.98 Å². The Balaban J connectivity index is 2.11. The van der Waals surface area contributed by atoms with Crippen LogP contribution in [0.5, 0.6) is 0 Å². The predicted molar refractivity (Wildman–Crippen MR) is 71.8 cm³/mol. The second kappa shape index (κ2) is 4.94. The number of thiazole rings is 1. The van der Waals surface area contributed by atoms with Crippen LogP contribution in [-0.2, 0) is 0 Å². The van der Waals surface area contributed by atoms with E-state index in [1.165, 1.54) is 11.3 Å². The minimum absolute atomic E-state index is 1.04. The fraction of sp³-hybridized carbons (Fsp3) is 0.154. The van der Waals surface area contributed by atoms with Crippen LogP contribution in [-0.4, -0.2) is 19.1 Å². The Labute approximate surface area is 99.9 Å². The van der Waals surface area contributed by atoms with Crippen molar-refractivity contribution in [3.05, 3.63) is 46.4 Å². The van der Waals surface area contributed by atoms with Crippen LogP contribution in [0.2, 0.25) is 0 Å². The maximum atomic E-state index is 4.20. The third kappa shape index (κ3) is 2.70. The largest absolute Gasteiger partial charge is 0.378 e. The summed E-state index contributed by atoms with van der Waals surface area (Å²) in [4.78, 5) is 6.29. The zero-order chi connectivity index (χ0) is 11.4. The van der Waals surface area contributed by atoms with Crippen LogP contribution in [0.1, 0.15) is 10.6 Å². The predicted octanol–water partition coefficient (Wildman–Crippen LogP) is 3.38. The van der Waals surface area contributed by atoms with Crippen molar-refractivity contribution in [3.63, 3.8) is 0 Å². The Morgan fingerprint density at radius 2 is 1.88 bits per heavy atom. The highest BCUT2D eigenvalue weighted by Gasteiger charge is 1.94. The van der Waals surface area contributed by atoms with E-state index in [2.05, 4.69) is 40.2 Å². The van der Waals surface area contributed by atoms with Gasteiger partial charge in [0.2, 0.25) is 0 Å². The summed E-state index contributed by atoms with van der Waals surface area (Å²) in [6.07, 6.45) is 5.94. The molecule has 0 fully saturated rings. The summed E-state index contributed by atoms with van der Waals surface area (Å²) in [7, 11) is 4.08. The quantitative estimate of drug-likeness (QED) is 0.803. The van der Waals surface area contributed by atoms with Crippen molar-refractivity contribution < 1.29 is 0 Å². The molecule has 0 radical (unpaired) electrons. The standard InChI is InChI=1S/C13H14N2S/c1-15(2)12-6-3-11(4-7-12)5-8-13-14-9-10-16-13/h3-10H,1-2H3. The van der Waals surface area contributed by atoms with Gasteiger partial charge >= 0.3 is 0 Å². The van der Waals surface area contributed by atoms with Crippen LogP contribution < -0.4 is 4.90 Å². The van der Waals surface area contributed by atoms with Gasteiger partial charge in [-0.05, 0) is 23.8 Å². The molecule has 2 aromatic rings. The Morgan fingerprint density at radius 3 is 2.44 bits per heavy atom. The third-order valence-corrected chi connectivity index (χ3v) is 3.02. The topological polar surface area (TPSA) is 16.1 Å². The van der Waals surface area contributed by atoms with Crippen molar-refractivity contribution in [2.45, 2.75) is 0 Å². The van der Waals surface area contributed by atoms with Gasteiger partial charge in [0.15, 0.2) is 0 Å². The highest BCUT2D eigenvalue weighted by molar-refractivity contribution is 7.10. The Hall–Kier alpha value is -1.61. The Kier molecular flexibility index (Phi) is 3.37. The van der Waals surface area contributed by atoms with E-state index in [1.54, 1.807) is 11.3 Å². The van der Waals surface area contributed by atoms with Crippen LogP contribution in [0.3, 0.4) is 0 Å². The molecular weight excluding hydrogens is 216 g/mol. The van der Waals surface area contributed by atoms with Gasteiger partial charge < -0.3 is 4.90 Å². The summed E-state index contributed by atoms with van der Waals surface area (Å²) < 4.78 is 0. The highest BCUT2D eigenvalue weighted by Crippen LogP contribution is 2.15. The lowest BCUT2D eigenvalue weighted by atomic mass is 10.2. The molecule has 0 saturated heterocycles. The van der Waals surface area contributed by atoms with Crippen molar-refractivity contribution in [1.29, 1.82) is 0 Å². The van der Waals surface area contributed by atoms with Gasteiger partial charge in [0, 0.05) is 31.4 Å². The number of hydrogen-bond donors (Lipinski definition) is 0. The molecule has 0 aliphatic heterocycles. The fourth-order valence-corrected chi connectivity index (χ4v) is 1.90. The van der Waals surface area contributed by atoms with Crippen LogP contribution in [0.4, 0.5) is 5.69 Å². The van der Waals surface area contributed by atoms with Gasteiger partial charge in [-0.3, -0.25) is 0 Å². The minimum Gasteiger partial charge on any atom is -0.378 e. The molecular formula is C13H14N2S. The lowest BCUT2D eigenvalue weighted by Crippen LogP contribution is -2.07. The molecule has 0 unspecified atom stereocenters. The summed E-state index contributed by atoms with van der Waals surface area (Å²) in [6.45, 7) is 0. The molecule has 0 bridgehead atoms. The summed E-state index contributed by atoms with van der Waals surface area (Å²) in [5.41, 5.74) is 2.41. The number of hydrogen-bond acceptors (Lipinski definition) is 3. The molecule has 2 rings (SSSR count). The van der Waals surface area contributed by atoms with E-state index in [1.807, 2.05) is 31.7 Å². The average Bonchev–Trinajstić information content (AvgIpc) is 2.80. The molecule has 0 aliphatic carbocycles. The summed E-state index contributed by atoms with van der Waals surface area (Å²) in [6, 6.07) is 8.45. The van der Waals surface area contributed by atoms with Crippen LogP contribution >= 0.6 is 11.3 Å². The molecule has 1 heterocycles. The fourth-order valence-electron chi connectivity index (χ4n) is 1.37. The minimum atomic E-state index is 1.04. The molecule has 16 heavy (non-hydrogen) atoms. The highest BCUT2D eigenvalue weighted by atomic mass is 32.1. The summed E-state index contributed by atoms with van der Waals surface area (Å²) in [5.74, 6) is 0. The van der Waals surface area contributed by atoms with Crippen molar-refractivity contribution in [2.75, 3.05) is 19.0 Å². The number of aromatic nitrogens is 1. The SMILES string of the molecule is CN(C)c1ccc(C=Cc2nccs2)cc1. The first-order valence-corrected chi connectivity index (χ1v) is 5.98. The summed E-state index contributed by atoms with van der Waals surface area (Å²) in [5, 5.41) is 3.02. The van der Waals surface area contributed by atoms with Crippen LogP contribution in [0.25, 0.3) is 12.2 Å². The molecule has 1 aromatic heterocycles. The van der Waals surface area contributed by atoms with E-state index in [4.69, 9.17) is 0 Å². The second-order valence-corrected chi connectivity index (χ2v) is 4.62. The van der Waals surface area contributed by atoms with Gasteiger partial charge in [-0.2, -0.15) is 0 Å². The smallest absolute Gasteiger partial charge is 0.116 e. The second-order valence-electron chi connectivity index (χ2n) is 3.69. The monoisotopic (exact) mass is 230 g/mol. The molecule has 0 spiro atoms. The first-order chi connectivity index (χ1) is 7.75. The van der Waals surface area contributed by atoms with Gasteiger partial charge in [-0.15, -0.1) is 11.3 Å². The van der Waals surface area contributed by atoms with E-state index >= 15 is 0 Å². The number of rotatable bonds is 3. The number of nitrogens with zero attached hydrogens (tertiary/aromatic N) is 2.